The van der Waals surface area contributed by atoms with Crippen molar-refractivity contribution < 1.29 is 4.79 Å². The predicted molar refractivity (Wildman–Crippen MR) is 98.3 cm³/mol. The summed E-state index contributed by atoms with van der Waals surface area (Å²) in [6, 6.07) is 0. The summed E-state index contributed by atoms with van der Waals surface area (Å²) in [5, 5.41) is 7.62. The first-order valence-corrected chi connectivity index (χ1v) is 8.77. The van der Waals surface area contributed by atoms with Crippen LogP contribution in [0.1, 0.15) is 49.3 Å². The number of halogens is 1. The highest BCUT2D eigenvalue weighted by molar-refractivity contribution is 6.34. The predicted octanol–water partition coefficient (Wildman–Crippen LogP) is 4.13. The van der Waals surface area contributed by atoms with Gasteiger partial charge in [0.15, 0.2) is 0 Å². The topological polar surface area (TPSA) is 46.9 Å². The van der Waals surface area contributed by atoms with Crippen LogP contribution in [-0.2, 0) is 13.5 Å². The standard InChI is InChI=1S/C19H24ClN3O/c1-4-6-8-14-9-7-10-15(12-11-14)13-21-19(24)18-17(20)16(5-2)22-23(18)3/h7,10-12H,4-6,8,13H2,1-3H3,(H,21,24). The molecule has 1 heterocycles. The molecule has 1 aromatic rings. The zero-order valence-corrected chi connectivity index (χ0v) is 15.3. The molecule has 0 saturated heterocycles. The van der Waals surface area contributed by atoms with Crippen LogP contribution in [0.4, 0.5) is 0 Å². The van der Waals surface area contributed by atoms with Gasteiger partial charge in [-0.25, -0.2) is 0 Å². The smallest absolute Gasteiger partial charge is 0.271 e. The van der Waals surface area contributed by atoms with Gasteiger partial charge in [-0.05, 0) is 42.6 Å². The molecule has 0 fully saturated rings. The Labute approximate surface area is 148 Å². The Morgan fingerprint density at radius 2 is 2.17 bits per heavy atom. The number of amides is 1. The summed E-state index contributed by atoms with van der Waals surface area (Å²) >= 11 is 6.25. The van der Waals surface area contributed by atoms with Crippen molar-refractivity contribution in [2.75, 3.05) is 6.54 Å². The number of unbranched alkanes of at least 4 members (excludes halogenated alkanes) is 1. The van der Waals surface area contributed by atoms with E-state index in [0.717, 1.165) is 24.1 Å². The van der Waals surface area contributed by atoms with Gasteiger partial charge in [-0.2, -0.15) is 5.10 Å². The van der Waals surface area contributed by atoms with E-state index in [4.69, 9.17) is 11.6 Å². The SMILES string of the molecule is CCCCC1=C=CC=C(CNC(=O)c2c(Cl)c(CC)nn2C)C=C1. The second-order valence-electron chi connectivity index (χ2n) is 5.78. The van der Waals surface area contributed by atoms with Crippen molar-refractivity contribution in [1.29, 1.82) is 0 Å². The number of nitrogens with zero attached hydrogens (tertiary/aromatic N) is 2. The van der Waals surface area contributed by atoms with E-state index in [1.807, 2.05) is 25.2 Å². The molecule has 4 nitrogen and oxygen atoms in total. The van der Waals surface area contributed by atoms with Gasteiger partial charge in [0.2, 0.25) is 0 Å². The quantitative estimate of drug-likeness (QED) is 0.755. The van der Waals surface area contributed by atoms with E-state index in [1.54, 1.807) is 7.05 Å². The van der Waals surface area contributed by atoms with Crippen molar-refractivity contribution in [3.63, 3.8) is 0 Å². The molecule has 0 bridgehead atoms. The first kappa shape index (κ1) is 18.3. The van der Waals surface area contributed by atoms with E-state index >= 15 is 0 Å². The second-order valence-corrected chi connectivity index (χ2v) is 6.16. The van der Waals surface area contributed by atoms with Gasteiger partial charge >= 0.3 is 0 Å². The third-order valence-electron chi connectivity index (χ3n) is 3.92. The molecule has 0 radical (unpaired) electrons. The number of nitrogens with one attached hydrogen (secondary N) is 1. The fourth-order valence-electron chi connectivity index (χ4n) is 2.50. The van der Waals surface area contributed by atoms with Crippen molar-refractivity contribution in [2.24, 2.45) is 7.05 Å². The Hall–Kier alpha value is -2.03. The number of rotatable bonds is 7. The highest BCUT2D eigenvalue weighted by atomic mass is 35.5. The third kappa shape index (κ3) is 4.50. The minimum absolute atomic E-state index is 0.212. The average Bonchev–Trinajstić information content (AvgIpc) is 2.74. The molecule has 1 aliphatic carbocycles. The van der Waals surface area contributed by atoms with Crippen molar-refractivity contribution in [2.45, 2.75) is 39.5 Å². The Balaban J connectivity index is 1.98. The van der Waals surface area contributed by atoms with E-state index in [0.29, 0.717) is 23.7 Å². The monoisotopic (exact) mass is 345 g/mol. The normalized spacial score (nSPS) is 13.5. The fourth-order valence-corrected chi connectivity index (χ4v) is 2.88. The highest BCUT2D eigenvalue weighted by Crippen LogP contribution is 2.20. The number of hydrogen-bond acceptors (Lipinski definition) is 2. The molecule has 0 atom stereocenters. The molecule has 1 amide bonds. The lowest BCUT2D eigenvalue weighted by Crippen LogP contribution is -2.27. The lowest BCUT2D eigenvalue weighted by Gasteiger charge is -2.06. The molecular weight excluding hydrogens is 322 g/mol. The zero-order valence-electron chi connectivity index (χ0n) is 14.5. The van der Waals surface area contributed by atoms with Crippen molar-refractivity contribution in [3.05, 3.63) is 57.6 Å². The van der Waals surface area contributed by atoms with Crippen LogP contribution < -0.4 is 5.32 Å². The highest BCUT2D eigenvalue weighted by Gasteiger charge is 2.19. The second kappa shape index (κ2) is 8.72. The van der Waals surface area contributed by atoms with Crippen LogP contribution in [0.2, 0.25) is 5.02 Å². The van der Waals surface area contributed by atoms with Gasteiger partial charge in [-0.1, -0.05) is 44.0 Å². The Kier molecular flexibility index (Phi) is 6.65. The van der Waals surface area contributed by atoms with Crippen LogP contribution in [0.15, 0.2) is 41.2 Å². The Morgan fingerprint density at radius 1 is 1.38 bits per heavy atom. The van der Waals surface area contributed by atoms with Crippen LogP contribution in [0.25, 0.3) is 0 Å². The molecule has 0 aliphatic heterocycles. The van der Waals surface area contributed by atoms with Crippen molar-refractivity contribution >= 4 is 17.5 Å². The van der Waals surface area contributed by atoms with Crippen LogP contribution in [0.3, 0.4) is 0 Å². The number of aryl methyl sites for hydroxylation is 2. The summed E-state index contributed by atoms with van der Waals surface area (Å²) in [6.07, 6.45) is 12.0. The molecule has 1 N–H and O–H groups in total. The molecule has 128 valence electrons. The summed E-state index contributed by atoms with van der Waals surface area (Å²) in [7, 11) is 1.73. The van der Waals surface area contributed by atoms with E-state index in [2.05, 4.69) is 29.1 Å². The first-order chi connectivity index (χ1) is 11.6. The van der Waals surface area contributed by atoms with E-state index in [1.165, 1.54) is 16.7 Å². The summed E-state index contributed by atoms with van der Waals surface area (Å²) in [5.41, 5.74) is 6.64. The number of carbonyl (C=O) groups excluding carboxylic acids is 1. The van der Waals surface area contributed by atoms with Gasteiger partial charge in [-0.3, -0.25) is 9.48 Å². The summed E-state index contributed by atoms with van der Waals surface area (Å²) in [6.45, 7) is 4.58. The fraction of sp³-hybridized carbons (Fsp3) is 0.421. The molecule has 1 aromatic heterocycles. The molecule has 0 aromatic carbocycles. The van der Waals surface area contributed by atoms with Crippen molar-refractivity contribution in [1.82, 2.24) is 15.1 Å². The van der Waals surface area contributed by atoms with Gasteiger partial charge in [0.05, 0.1) is 10.7 Å². The molecule has 0 spiro atoms. The Morgan fingerprint density at radius 3 is 2.83 bits per heavy atom. The number of hydrogen-bond donors (Lipinski definition) is 1. The number of allylic oxidation sites excluding steroid dienone is 3. The van der Waals surface area contributed by atoms with Gasteiger partial charge in [0.25, 0.3) is 5.91 Å². The van der Waals surface area contributed by atoms with Crippen LogP contribution in [0.5, 0.6) is 0 Å². The maximum atomic E-state index is 12.4. The third-order valence-corrected chi connectivity index (χ3v) is 4.32. The summed E-state index contributed by atoms with van der Waals surface area (Å²) in [4.78, 5) is 12.4. The minimum Gasteiger partial charge on any atom is -0.347 e. The van der Waals surface area contributed by atoms with Crippen LogP contribution in [-0.4, -0.2) is 22.2 Å². The van der Waals surface area contributed by atoms with E-state index in [9.17, 15) is 4.79 Å². The molecule has 5 heteroatoms. The summed E-state index contributed by atoms with van der Waals surface area (Å²) in [5.74, 6) is -0.212. The minimum atomic E-state index is -0.212. The number of aromatic nitrogens is 2. The molecular formula is C19H24ClN3O. The number of carbonyl (C=O) groups is 1. The van der Waals surface area contributed by atoms with E-state index in [-0.39, 0.29) is 5.91 Å². The van der Waals surface area contributed by atoms with Crippen LogP contribution >= 0.6 is 11.6 Å². The van der Waals surface area contributed by atoms with E-state index < -0.39 is 0 Å². The largest absolute Gasteiger partial charge is 0.347 e. The van der Waals surface area contributed by atoms with Gasteiger partial charge < -0.3 is 5.32 Å². The lowest BCUT2D eigenvalue weighted by atomic mass is 10.1. The molecule has 2 rings (SSSR count). The van der Waals surface area contributed by atoms with Gasteiger partial charge in [-0.15, -0.1) is 5.73 Å². The molecule has 24 heavy (non-hydrogen) atoms. The lowest BCUT2D eigenvalue weighted by molar-refractivity contribution is 0.0948. The van der Waals surface area contributed by atoms with Gasteiger partial charge in [0.1, 0.15) is 5.69 Å². The molecule has 0 saturated carbocycles. The first-order valence-electron chi connectivity index (χ1n) is 8.39. The average molecular weight is 346 g/mol. The Bertz CT molecular complexity index is 734. The molecule has 1 aliphatic rings. The maximum absolute atomic E-state index is 12.4. The summed E-state index contributed by atoms with van der Waals surface area (Å²) < 4.78 is 1.54. The maximum Gasteiger partial charge on any atom is 0.271 e. The molecule has 0 unspecified atom stereocenters. The zero-order chi connectivity index (χ0) is 17.5. The van der Waals surface area contributed by atoms with Crippen molar-refractivity contribution in [3.8, 4) is 0 Å². The van der Waals surface area contributed by atoms with Crippen LogP contribution in [0, 0.1) is 0 Å². The van der Waals surface area contributed by atoms with Gasteiger partial charge in [0, 0.05) is 13.6 Å².